The normalized spacial score (nSPS) is 11.9. The van der Waals surface area contributed by atoms with Crippen molar-refractivity contribution >= 4 is 28.1 Å². The van der Waals surface area contributed by atoms with E-state index in [1.165, 1.54) is 27.6 Å². The number of non-ortho nitro benzene ring substituents is 1. The number of rotatable bonds is 7. The molecule has 7 nitrogen and oxygen atoms in total. The second-order valence-corrected chi connectivity index (χ2v) is 7.26. The Labute approximate surface area is 148 Å². The Bertz CT molecular complexity index is 941. The number of aryl methyl sites for hydroxylation is 1. The highest BCUT2D eigenvalue weighted by Crippen LogP contribution is 2.24. The van der Waals surface area contributed by atoms with Crippen LogP contribution in [0.2, 0.25) is 0 Å². The summed E-state index contributed by atoms with van der Waals surface area (Å²) in [6.07, 6.45) is 0.700. The molecule has 0 aliphatic rings. The van der Waals surface area contributed by atoms with Gasteiger partial charge in [-0.3, -0.25) is 14.7 Å². The maximum atomic E-state index is 12.0. The van der Waals surface area contributed by atoms with Crippen LogP contribution in [0.1, 0.15) is 25.1 Å². The van der Waals surface area contributed by atoms with Crippen molar-refractivity contribution in [1.82, 2.24) is 9.88 Å². The van der Waals surface area contributed by atoms with Crippen molar-refractivity contribution in [3.8, 4) is 0 Å². The summed E-state index contributed by atoms with van der Waals surface area (Å²) < 4.78 is 6.60. The monoisotopic (exact) mass is 361 g/mol. The van der Waals surface area contributed by atoms with Gasteiger partial charge in [-0.05, 0) is 44.3 Å². The summed E-state index contributed by atoms with van der Waals surface area (Å²) in [5.74, 6) is -0.493. The molecular formula is C17H19N3O4S. The Morgan fingerprint density at radius 1 is 1.36 bits per heavy atom. The van der Waals surface area contributed by atoms with Crippen molar-refractivity contribution in [2.24, 2.45) is 0 Å². The maximum absolute atomic E-state index is 12.0. The molecule has 0 spiro atoms. The highest BCUT2D eigenvalue weighted by Gasteiger charge is 2.20. The Hall–Kier alpha value is -2.45. The van der Waals surface area contributed by atoms with E-state index in [0.29, 0.717) is 30.6 Å². The second kappa shape index (κ2) is 6.81. The maximum Gasteiger partial charge on any atom is 0.419 e. The van der Waals surface area contributed by atoms with E-state index in [1.807, 2.05) is 11.4 Å². The van der Waals surface area contributed by atoms with Gasteiger partial charge in [-0.15, -0.1) is 11.3 Å². The molecule has 1 aromatic carbocycles. The quantitative estimate of drug-likeness (QED) is 0.395. The lowest BCUT2D eigenvalue weighted by atomic mass is 10.0. The number of hydrogen-bond acceptors (Lipinski definition) is 6. The fourth-order valence-electron chi connectivity index (χ4n) is 2.74. The van der Waals surface area contributed by atoms with Crippen molar-refractivity contribution in [2.45, 2.75) is 32.4 Å². The van der Waals surface area contributed by atoms with E-state index < -0.39 is 10.7 Å². The van der Waals surface area contributed by atoms with Crippen molar-refractivity contribution in [2.75, 3.05) is 6.54 Å². The molecule has 0 saturated heterocycles. The number of oxazole rings is 1. The van der Waals surface area contributed by atoms with Crippen molar-refractivity contribution in [1.29, 1.82) is 0 Å². The number of thiophene rings is 1. The van der Waals surface area contributed by atoms with Gasteiger partial charge >= 0.3 is 5.76 Å². The number of nitro groups is 1. The fraction of sp³-hybridized carbons (Fsp3) is 0.353. The van der Waals surface area contributed by atoms with Gasteiger partial charge in [0.1, 0.15) is 0 Å². The minimum atomic E-state index is -0.493. The molecule has 2 aromatic heterocycles. The zero-order valence-electron chi connectivity index (χ0n) is 14.0. The third-order valence-corrected chi connectivity index (χ3v) is 5.32. The molecule has 0 fully saturated rings. The van der Waals surface area contributed by atoms with Gasteiger partial charge in [0.15, 0.2) is 5.58 Å². The summed E-state index contributed by atoms with van der Waals surface area (Å²) in [5.41, 5.74) is 0.620. The van der Waals surface area contributed by atoms with E-state index in [4.69, 9.17) is 4.42 Å². The molecule has 0 bridgehead atoms. The molecule has 0 aliphatic heterocycles. The molecule has 0 aliphatic carbocycles. The SMILES string of the molecule is CC(C)(NCCCn1c(=O)oc2ccc([N+](=O)[O-])cc21)c1cccs1. The number of benzene rings is 1. The van der Waals surface area contributed by atoms with Gasteiger partial charge in [0.25, 0.3) is 5.69 Å². The first-order chi connectivity index (χ1) is 11.9. The van der Waals surface area contributed by atoms with Crippen molar-refractivity contribution in [3.05, 3.63) is 61.3 Å². The highest BCUT2D eigenvalue weighted by molar-refractivity contribution is 7.10. The molecule has 1 N–H and O–H groups in total. The molecule has 0 atom stereocenters. The molecule has 2 heterocycles. The third kappa shape index (κ3) is 3.64. The summed E-state index contributed by atoms with van der Waals surface area (Å²) in [6.45, 7) is 5.36. The standard InChI is InChI=1S/C17H19N3O4S/c1-17(2,15-5-3-10-25-15)18-8-4-9-19-13-11-12(20(22)23)6-7-14(13)24-16(19)21/h3,5-7,10-11,18H,4,8-9H2,1-2H3. The van der Waals surface area contributed by atoms with Crippen molar-refractivity contribution in [3.63, 3.8) is 0 Å². The topological polar surface area (TPSA) is 90.3 Å². The number of fused-ring (bicyclic) bond motifs is 1. The van der Waals surface area contributed by atoms with Gasteiger partial charge in [-0.25, -0.2) is 4.79 Å². The number of nitrogens with zero attached hydrogens (tertiary/aromatic N) is 2. The van der Waals surface area contributed by atoms with Crippen LogP contribution in [0.25, 0.3) is 11.1 Å². The highest BCUT2D eigenvalue weighted by atomic mass is 32.1. The van der Waals surface area contributed by atoms with Gasteiger partial charge < -0.3 is 9.73 Å². The summed E-state index contributed by atoms with van der Waals surface area (Å²) in [6, 6.07) is 8.28. The van der Waals surface area contributed by atoms with Crippen LogP contribution < -0.4 is 11.1 Å². The zero-order valence-corrected chi connectivity index (χ0v) is 14.8. The van der Waals surface area contributed by atoms with Crippen LogP contribution in [-0.4, -0.2) is 16.0 Å². The van der Waals surface area contributed by atoms with E-state index in [9.17, 15) is 14.9 Å². The van der Waals surface area contributed by atoms with Crippen LogP contribution in [0, 0.1) is 10.1 Å². The number of hydrogen-bond donors (Lipinski definition) is 1. The Balaban J connectivity index is 1.69. The predicted octanol–water partition coefficient (Wildman–Crippen LogP) is 3.48. The largest absolute Gasteiger partial charge is 0.419 e. The first-order valence-corrected chi connectivity index (χ1v) is 8.83. The first-order valence-electron chi connectivity index (χ1n) is 7.95. The average Bonchev–Trinajstić information content (AvgIpc) is 3.19. The fourth-order valence-corrected chi connectivity index (χ4v) is 3.56. The minimum absolute atomic E-state index is 0.0565. The summed E-state index contributed by atoms with van der Waals surface area (Å²) >= 11 is 1.70. The van der Waals surface area contributed by atoms with Gasteiger partial charge in [-0.2, -0.15) is 0 Å². The number of nitrogens with one attached hydrogen (secondary N) is 1. The van der Waals surface area contributed by atoms with Gasteiger partial charge in [0.05, 0.1) is 10.4 Å². The van der Waals surface area contributed by atoms with Crippen LogP contribution in [0.5, 0.6) is 0 Å². The molecule has 132 valence electrons. The molecule has 3 aromatic rings. The molecular weight excluding hydrogens is 342 g/mol. The lowest BCUT2D eigenvalue weighted by molar-refractivity contribution is -0.384. The number of aromatic nitrogens is 1. The summed E-state index contributed by atoms with van der Waals surface area (Å²) in [4.78, 5) is 23.7. The van der Waals surface area contributed by atoms with Crippen LogP contribution >= 0.6 is 11.3 Å². The lowest BCUT2D eigenvalue weighted by Crippen LogP contribution is -2.36. The minimum Gasteiger partial charge on any atom is -0.408 e. The van der Waals surface area contributed by atoms with E-state index in [0.717, 1.165) is 0 Å². The van der Waals surface area contributed by atoms with Crippen LogP contribution in [0.15, 0.2) is 44.9 Å². The van der Waals surface area contributed by atoms with E-state index in [2.05, 4.69) is 25.2 Å². The second-order valence-electron chi connectivity index (χ2n) is 6.31. The zero-order chi connectivity index (χ0) is 18.0. The predicted molar refractivity (Wildman–Crippen MR) is 97.1 cm³/mol. The van der Waals surface area contributed by atoms with Crippen LogP contribution in [0.3, 0.4) is 0 Å². The smallest absolute Gasteiger partial charge is 0.408 e. The first kappa shape index (κ1) is 17.4. The molecule has 3 rings (SSSR count). The van der Waals surface area contributed by atoms with E-state index in [1.54, 1.807) is 11.3 Å². The van der Waals surface area contributed by atoms with E-state index in [-0.39, 0.29) is 11.2 Å². The van der Waals surface area contributed by atoms with Gasteiger partial charge in [0.2, 0.25) is 0 Å². The van der Waals surface area contributed by atoms with Gasteiger partial charge in [-0.1, -0.05) is 6.07 Å². The Morgan fingerprint density at radius 2 is 2.16 bits per heavy atom. The third-order valence-electron chi connectivity index (χ3n) is 4.12. The molecule has 0 unspecified atom stereocenters. The molecule has 8 heteroatoms. The van der Waals surface area contributed by atoms with Crippen LogP contribution in [0.4, 0.5) is 5.69 Å². The lowest BCUT2D eigenvalue weighted by Gasteiger charge is -2.25. The van der Waals surface area contributed by atoms with Crippen LogP contribution in [-0.2, 0) is 12.1 Å². The molecule has 25 heavy (non-hydrogen) atoms. The molecule has 0 saturated carbocycles. The summed E-state index contributed by atoms with van der Waals surface area (Å²) in [5, 5.41) is 16.4. The van der Waals surface area contributed by atoms with Crippen molar-refractivity contribution < 1.29 is 9.34 Å². The van der Waals surface area contributed by atoms with Gasteiger partial charge in [0, 0.05) is 29.1 Å². The molecule has 0 radical (unpaired) electrons. The molecule has 0 amide bonds. The Morgan fingerprint density at radius 3 is 2.84 bits per heavy atom. The van der Waals surface area contributed by atoms with E-state index >= 15 is 0 Å². The summed E-state index contributed by atoms with van der Waals surface area (Å²) in [7, 11) is 0. The average molecular weight is 361 g/mol. The Kier molecular flexibility index (Phi) is 4.73. The number of nitro benzene ring substituents is 1.